The third-order valence-electron chi connectivity index (χ3n) is 5.18. The first-order chi connectivity index (χ1) is 12.0. The minimum absolute atomic E-state index is 0.365. The van der Waals surface area contributed by atoms with E-state index in [0.717, 1.165) is 30.1 Å². The number of rotatable bonds is 2. The normalized spacial score (nSPS) is 17.9. The Labute approximate surface area is 162 Å². The van der Waals surface area contributed by atoms with E-state index in [9.17, 15) is 0 Å². The highest BCUT2D eigenvalue weighted by molar-refractivity contribution is 6.42. The molecule has 0 saturated heterocycles. The molecule has 3 aromatic rings. The van der Waals surface area contributed by atoms with Crippen molar-refractivity contribution in [3.8, 4) is 5.69 Å². The highest BCUT2D eigenvalue weighted by atomic mass is 35.5. The number of hydrogen-bond acceptors (Lipinski definition) is 1. The minimum atomic E-state index is 0.365. The van der Waals surface area contributed by atoms with Crippen molar-refractivity contribution in [2.24, 2.45) is 0 Å². The molecule has 2 aromatic carbocycles. The van der Waals surface area contributed by atoms with Crippen LogP contribution in [0.5, 0.6) is 0 Å². The van der Waals surface area contributed by atoms with Crippen molar-refractivity contribution in [2.45, 2.75) is 25.8 Å². The summed E-state index contributed by atoms with van der Waals surface area (Å²) in [5, 5.41) is 3.15. The van der Waals surface area contributed by atoms with Gasteiger partial charge in [-0.1, -0.05) is 41.7 Å². The van der Waals surface area contributed by atoms with E-state index >= 15 is 0 Å². The Kier molecular flexibility index (Phi) is 4.49. The second-order valence-electron chi connectivity index (χ2n) is 6.61. The van der Waals surface area contributed by atoms with Crippen molar-refractivity contribution in [1.29, 1.82) is 0 Å². The predicted molar refractivity (Wildman–Crippen MR) is 108 cm³/mol. The number of benzene rings is 2. The van der Waals surface area contributed by atoms with Gasteiger partial charge in [0.25, 0.3) is 0 Å². The smallest absolute Gasteiger partial charge is 0.0613 e. The summed E-state index contributed by atoms with van der Waals surface area (Å²) >= 11 is 18.8. The third kappa shape index (κ3) is 2.76. The van der Waals surface area contributed by atoms with Crippen LogP contribution in [-0.4, -0.2) is 23.1 Å². The fraction of sp³-hybridized carbons (Fsp3) is 0.300. The second kappa shape index (κ2) is 6.51. The lowest BCUT2D eigenvalue weighted by Crippen LogP contribution is -2.32. The van der Waals surface area contributed by atoms with Crippen molar-refractivity contribution in [1.82, 2.24) is 9.47 Å². The van der Waals surface area contributed by atoms with Gasteiger partial charge in [0.15, 0.2) is 0 Å². The summed E-state index contributed by atoms with van der Waals surface area (Å²) in [6, 6.07) is 12.3. The monoisotopic (exact) mass is 392 g/mol. The molecule has 0 aliphatic carbocycles. The average molecular weight is 394 g/mol. The number of likely N-dealkylation sites (N-methyl/N-ethyl adjacent to an activating group) is 1. The molecular weight excluding hydrogens is 375 g/mol. The molecule has 0 fully saturated rings. The van der Waals surface area contributed by atoms with Gasteiger partial charge in [0, 0.05) is 28.3 Å². The van der Waals surface area contributed by atoms with Gasteiger partial charge in [-0.15, -0.1) is 0 Å². The van der Waals surface area contributed by atoms with Crippen molar-refractivity contribution >= 4 is 45.7 Å². The van der Waals surface area contributed by atoms with Gasteiger partial charge < -0.3 is 4.57 Å². The van der Waals surface area contributed by atoms with Gasteiger partial charge in [-0.05, 0) is 61.9 Å². The number of fused-ring (bicyclic) bond motifs is 3. The summed E-state index contributed by atoms with van der Waals surface area (Å²) in [7, 11) is 2.20. The van der Waals surface area contributed by atoms with Crippen LogP contribution >= 0.6 is 34.8 Å². The maximum atomic E-state index is 6.31. The van der Waals surface area contributed by atoms with Crippen LogP contribution < -0.4 is 0 Å². The van der Waals surface area contributed by atoms with Gasteiger partial charge >= 0.3 is 0 Å². The van der Waals surface area contributed by atoms with Crippen LogP contribution in [0, 0.1) is 0 Å². The topological polar surface area (TPSA) is 8.17 Å². The van der Waals surface area contributed by atoms with E-state index in [2.05, 4.69) is 35.6 Å². The van der Waals surface area contributed by atoms with Gasteiger partial charge in [0.2, 0.25) is 0 Å². The van der Waals surface area contributed by atoms with Crippen molar-refractivity contribution in [3.05, 3.63) is 62.7 Å². The van der Waals surface area contributed by atoms with E-state index in [-0.39, 0.29) is 0 Å². The zero-order valence-electron chi connectivity index (χ0n) is 14.2. The van der Waals surface area contributed by atoms with Gasteiger partial charge in [-0.2, -0.15) is 0 Å². The SMILES string of the molecule is CCC1c2c(c3cc(Cl)ccc3n2-c2ccc(Cl)c(Cl)c2)CCN1C. The molecule has 2 nitrogen and oxygen atoms in total. The molecule has 1 aromatic heterocycles. The maximum Gasteiger partial charge on any atom is 0.0613 e. The maximum absolute atomic E-state index is 6.31. The Morgan fingerprint density at radius 2 is 1.84 bits per heavy atom. The molecule has 130 valence electrons. The number of halogens is 3. The van der Waals surface area contributed by atoms with E-state index in [1.54, 1.807) is 0 Å². The predicted octanol–water partition coefficient (Wildman–Crippen LogP) is 6.53. The fourth-order valence-corrected chi connectivity index (χ4v) is 4.49. The third-order valence-corrected chi connectivity index (χ3v) is 6.16. The molecule has 2 heterocycles. The van der Waals surface area contributed by atoms with Crippen molar-refractivity contribution in [3.63, 3.8) is 0 Å². The Morgan fingerprint density at radius 3 is 2.56 bits per heavy atom. The Morgan fingerprint density at radius 1 is 1.04 bits per heavy atom. The minimum Gasteiger partial charge on any atom is -0.312 e. The van der Waals surface area contributed by atoms with E-state index < -0.39 is 0 Å². The van der Waals surface area contributed by atoms with Crippen LogP contribution in [0.1, 0.15) is 30.6 Å². The van der Waals surface area contributed by atoms with Crippen molar-refractivity contribution < 1.29 is 0 Å². The molecule has 0 N–H and O–H groups in total. The molecule has 0 radical (unpaired) electrons. The molecular formula is C20H19Cl3N2. The van der Waals surface area contributed by atoms with Gasteiger partial charge in [0.1, 0.15) is 0 Å². The molecule has 0 saturated carbocycles. The highest BCUT2D eigenvalue weighted by Gasteiger charge is 2.30. The Bertz CT molecular complexity index is 961. The molecule has 0 spiro atoms. The van der Waals surface area contributed by atoms with E-state index in [1.807, 2.05) is 24.3 Å². The van der Waals surface area contributed by atoms with Crippen LogP contribution in [0.15, 0.2) is 36.4 Å². The molecule has 1 aliphatic rings. The summed E-state index contributed by atoms with van der Waals surface area (Å²) < 4.78 is 2.33. The molecule has 0 amide bonds. The van der Waals surface area contributed by atoms with Gasteiger partial charge in [-0.25, -0.2) is 0 Å². The summed E-state index contributed by atoms with van der Waals surface area (Å²) in [6.07, 6.45) is 2.07. The summed E-state index contributed by atoms with van der Waals surface area (Å²) in [5.41, 5.74) is 4.94. The zero-order chi connectivity index (χ0) is 17.7. The first-order valence-electron chi connectivity index (χ1n) is 8.49. The lowest BCUT2D eigenvalue weighted by atomic mass is 9.96. The molecule has 25 heavy (non-hydrogen) atoms. The number of nitrogens with zero attached hydrogens (tertiary/aromatic N) is 2. The summed E-state index contributed by atoms with van der Waals surface area (Å²) in [6.45, 7) is 3.29. The number of hydrogen-bond donors (Lipinski definition) is 0. The second-order valence-corrected chi connectivity index (χ2v) is 7.86. The zero-order valence-corrected chi connectivity index (χ0v) is 16.5. The molecule has 5 heteroatoms. The highest BCUT2D eigenvalue weighted by Crippen LogP contribution is 2.41. The Balaban J connectivity index is 2.08. The average Bonchev–Trinajstić information content (AvgIpc) is 2.91. The van der Waals surface area contributed by atoms with Gasteiger partial charge in [0.05, 0.1) is 21.6 Å². The fourth-order valence-electron chi connectivity index (χ4n) is 4.02. The van der Waals surface area contributed by atoms with Crippen LogP contribution in [-0.2, 0) is 6.42 Å². The van der Waals surface area contributed by atoms with E-state index in [1.165, 1.54) is 22.2 Å². The molecule has 4 rings (SSSR count). The van der Waals surface area contributed by atoms with E-state index in [4.69, 9.17) is 34.8 Å². The first-order valence-corrected chi connectivity index (χ1v) is 9.63. The molecule has 0 bridgehead atoms. The first kappa shape index (κ1) is 17.2. The van der Waals surface area contributed by atoms with Crippen molar-refractivity contribution in [2.75, 3.05) is 13.6 Å². The summed E-state index contributed by atoms with van der Waals surface area (Å²) in [4.78, 5) is 2.43. The lowest BCUT2D eigenvalue weighted by molar-refractivity contribution is 0.219. The van der Waals surface area contributed by atoms with Gasteiger partial charge in [-0.3, -0.25) is 4.90 Å². The number of aromatic nitrogens is 1. The standard InChI is InChI=1S/C20H19Cl3N2/c1-3-18-20-14(8-9-24(18)2)15-10-12(21)4-7-19(15)25(20)13-5-6-16(22)17(23)11-13/h4-7,10-11,18H,3,8-9H2,1-2H3. The van der Waals surface area contributed by atoms with Crippen LogP contribution in [0.4, 0.5) is 0 Å². The molecule has 1 atom stereocenters. The quantitative estimate of drug-likeness (QED) is 0.480. The summed E-state index contributed by atoms with van der Waals surface area (Å²) in [5.74, 6) is 0. The lowest BCUT2D eigenvalue weighted by Gasteiger charge is -2.33. The Hall–Kier alpha value is -1.19. The van der Waals surface area contributed by atoms with Crippen LogP contribution in [0.2, 0.25) is 15.1 Å². The largest absolute Gasteiger partial charge is 0.312 e. The molecule has 1 unspecified atom stereocenters. The van der Waals surface area contributed by atoms with Crippen LogP contribution in [0.25, 0.3) is 16.6 Å². The van der Waals surface area contributed by atoms with E-state index in [0.29, 0.717) is 16.1 Å². The van der Waals surface area contributed by atoms with Crippen LogP contribution in [0.3, 0.4) is 0 Å². The molecule has 1 aliphatic heterocycles.